The van der Waals surface area contributed by atoms with Crippen molar-refractivity contribution in [2.75, 3.05) is 19.5 Å². The number of esters is 1. The molecule has 0 atom stereocenters. The zero-order valence-electron chi connectivity index (χ0n) is 23.0. The van der Waals surface area contributed by atoms with Crippen LogP contribution in [-0.2, 0) is 22.6 Å². The molecule has 4 rings (SSSR count). The number of methoxy groups -OCH3 is 2. The Labute approximate surface area is 231 Å². The van der Waals surface area contributed by atoms with Crippen LogP contribution in [0.5, 0.6) is 17.4 Å². The molecule has 40 heavy (non-hydrogen) atoms. The van der Waals surface area contributed by atoms with E-state index in [4.69, 9.17) is 14.2 Å². The molecule has 11 heteroatoms. The predicted octanol–water partition coefficient (Wildman–Crippen LogP) is 3.90. The number of carbonyl (C=O) groups excluding carboxylic acids is 1. The van der Waals surface area contributed by atoms with Crippen LogP contribution in [0.1, 0.15) is 25.0 Å². The minimum Gasteiger partial charge on any atom is -0.491 e. The molecule has 0 aliphatic rings. The van der Waals surface area contributed by atoms with Crippen molar-refractivity contribution in [2.45, 2.75) is 33.9 Å². The maximum atomic E-state index is 13.6. The number of rotatable bonds is 10. The molecule has 208 valence electrons. The van der Waals surface area contributed by atoms with E-state index in [9.17, 15) is 14.4 Å². The van der Waals surface area contributed by atoms with Crippen LogP contribution in [0.25, 0.3) is 0 Å². The van der Waals surface area contributed by atoms with Crippen LogP contribution in [0.15, 0.2) is 76.4 Å². The van der Waals surface area contributed by atoms with Gasteiger partial charge in [0.1, 0.15) is 5.75 Å². The van der Waals surface area contributed by atoms with Gasteiger partial charge in [-0.3, -0.25) is 9.36 Å². The molecule has 0 aliphatic carbocycles. The maximum absolute atomic E-state index is 13.6. The Balaban J connectivity index is 1.68. The van der Waals surface area contributed by atoms with Gasteiger partial charge < -0.3 is 19.5 Å². The zero-order chi connectivity index (χ0) is 28.9. The van der Waals surface area contributed by atoms with E-state index in [1.165, 1.54) is 18.8 Å². The topological polar surface area (TPSA) is 127 Å². The van der Waals surface area contributed by atoms with Gasteiger partial charge in [-0.2, -0.15) is 4.98 Å². The van der Waals surface area contributed by atoms with Crippen LogP contribution in [0.4, 0.5) is 11.6 Å². The molecule has 0 unspecified atom stereocenters. The molecular weight excluding hydrogens is 514 g/mol. The molecule has 0 saturated heterocycles. The molecule has 0 aliphatic heterocycles. The number of nitrogens with zero attached hydrogens (tertiary/aromatic N) is 4. The van der Waals surface area contributed by atoms with Crippen molar-refractivity contribution in [3.8, 4) is 17.4 Å². The van der Waals surface area contributed by atoms with E-state index < -0.39 is 22.8 Å². The second kappa shape index (κ2) is 11.9. The molecule has 11 nitrogen and oxygen atoms in total. The Hall–Kier alpha value is -4.93. The Morgan fingerprint density at radius 1 is 0.975 bits per heavy atom. The third-order valence-electron chi connectivity index (χ3n) is 6.18. The lowest BCUT2D eigenvalue weighted by molar-refractivity contribution is -0.151. The molecule has 2 aromatic heterocycles. The molecule has 0 radical (unpaired) electrons. The second-order valence-electron chi connectivity index (χ2n) is 9.80. The fourth-order valence-corrected chi connectivity index (χ4v) is 3.97. The third kappa shape index (κ3) is 6.37. The van der Waals surface area contributed by atoms with Gasteiger partial charge in [0.2, 0.25) is 5.95 Å². The number of aryl methyl sites for hydroxylation is 1. The number of hydrogen-bond donors (Lipinski definition) is 1. The highest BCUT2D eigenvalue weighted by Gasteiger charge is 2.31. The number of carbonyl (C=O) groups is 1. The van der Waals surface area contributed by atoms with Crippen molar-refractivity contribution in [1.82, 2.24) is 19.1 Å². The molecule has 0 bridgehead atoms. The summed E-state index contributed by atoms with van der Waals surface area (Å²) in [4.78, 5) is 47.3. The summed E-state index contributed by atoms with van der Waals surface area (Å²) >= 11 is 0. The zero-order valence-corrected chi connectivity index (χ0v) is 23.0. The average molecular weight is 546 g/mol. The summed E-state index contributed by atoms with van der Waals surface area (Å²) in [6, 6.07) is 18.0. The van der Waals surface area contributed by atoms with E-state index in [0.29, 0.717) is 23.1 Å². The number of hydrogen-bond acceptors (Lipinski definition) is 9. The van der Waals surface area contributed by atoms with E-state index >= 15 is 0 Å². The number of aromatic nitrogens is 4. The molecular formula is C29H31N5O6. The minimum absolute atomic E-state index is 0.0581. The minimum atomic E-state index is -1.12. The summed E-state index contributed by atoms with van der Waals surface area (Å²) in [5.41, 5.74) is -0.0422. The van der Waals surface area contributed by atoms with E-state index in [1.807, 2.05) is 31.2 Å². The lowest BCUT2D eigenvalue weighted by atomic mass is 9.94. The first kappa shape index (κ1) is 28.1. The maximum Gasteiger partial charge on any atom is 0.354 e. The largest absolute Gasteiger partial charge is 0.491 e. The fraction of sp³-hybridized carbons (Fsp3) is 0.276. The van der Waals surface area contributed by atoms with Gasteiger partial charge in [0, 0.05) is 18.4 Å². The van der Waals surface area contributed by atoms with Crippen LogP contribution in [0.3, 0.4) is 0 Å². The molecule has 2 heterocycles. The van der Waals surface area contributed by atoms with Crippen LogP contribution in [0, 0.1) is 12.3 Å². The summed E-state index contributed by atoms with van der Waals surface area (Å²) in [5, 5.41) is 3.07. The van der Waals surface area contributed by atoms with Gasteiger partial charge in [-0.1, -0.05) is 29.8 Å². The van der Waals surface area contributed by atoms with Crippen LogP contribution in [-0.4, -0.2) is 39.3 Å². The van der Waals surface area contributed by atoms with Crippen molar-refractivity contribution >= 4 is 17.6 Å². The Kier molecular flexibility index (Phi) is 8.32. The van der Waals surface area contributed by atoms with Crippen LogP contribution >= 0.6 is 0 Å². The van der Waals surface area contributed by atoms with Crippen LogP contribution < -0.4 is 26.2 Å². The third-order valence-corrected chi connectivity index (χ3v) is 6.18. The second-order valence-corrected chi connectivity index (χ2v) is 9.80. The first-order chi connectivity index (χ1) is 19.1. The summed E-state index contributed by atoms with van der Waals surface area (Å²) in [6.07, 6.45) is 1.60. The number of pyridine rings is 1. The highest BCUT2D eigenvalue weighted by atomic mass is 16.5. The van der Waals surface area contributed by atoms with Crippen LogP contribution in [0.2, 0.25) is 0 Å². The highest BCUT2D eigenvalue weighted by molar-refractivity contribution is 5.75. The fourth-order valence-electron chi connectivity index (χ4n) is 3.97. The molecule has 0 amide bonds. The molecule has 1 N–H and O–H groups in total. The summed E-state index contributed by atoms with van der Waals surface area (Å²) in [5.74, 6) is 0.829. The normalized spacial score (nSPS) is 11.1. The smallest absolute Gasteiger partial charge is 0.354 e. The van der Waals surface area contributed by atoms with Crippen molar-refractivity contribution in [3.63, 3.8) is 0 Å². The molecule has 0 saturated carbocycles. The van der Waals surface area contributed by atoms with Crippen molar-refractivity contribution in [1.29, 1.82) is 0 Å². The lowest BCUT2D eigenvalue weighted by Crippen LogP contribution is -2.46. The van der Waals surface area contributed by atoms with Gasteiger partial charge in [0.25, 0.3) is 5.88 Å². The monoisotopic (exact) mass is 545 g/mol. The molecule has 4 aromatic rings. The Bertz CT molecular complexity index is 1610. The first-order valence-corrected chi connectivity index (χ1v) is 12.5. The molecule has 2 aromatic carbocycles. The Morgan fingerprint density at radius 3 is 2.33 bits per heavy atom. The number of ether oxygens (including phenoxy) is 3. The van der Waals surface area contributed by atoms with Crippen molar-refractivity contribution in [3.05, 3.63) is 99.0 Å². The van der Waals surface area contributed by atoms with Gasteiger partial charge in [0.15, 0.2) is 5.75 Å². The lowest BCUT2D eigenvalue weighted by Gasteiger charge is -2.23. The number of nitrogens with one attached hydrogen (secondary N) is 1. The van der Waals surface area contributed by atoms with E-state index in [0.717, 1.165) is 15.7 Å². The van der Waals surface area contributed by atoms with E-state index in [2.05, 4.69) is 15.3 Å². The summed E-state index contributed by atoms with van der Waals surface area (Å²) in [7, 11) is 2.79. The molecule has 0 fully saturated rings. The SMILES string of the molecule is COC(=O)C(C)(C)Cn1c(=O)nc(Nc2ccc(Oc3ncccc3OC)cc2)n(Cc2ccc(C)cc2)c1=O. The average Bonchev–Trinajstić information content (AvgIpc) is 2.95. The first-order valence-electron chi connectivity index (χ1n) is 12.5. The number of benzene rings is 2. The van der Waals surface area contributed by atoms with Crippen molar-refractivity contribution in [2.24, 2.45) is 5.41 Å². The van der Waals surface area contributed by atoms with Gasteiger partial charge in [-0.25, -0.2) is 19.1 Å². The molecule has 0 spiro atoms. The number of anilines is 2. The predicted molar refractivity (Wildman–Crippen MR) is 149 cm³/mol. The van der Waals surface area contributed by atoms with E-state index in [-0.39, 0.29) is 19.0 Å². The van der Waals surface area contributed by atoms with Gasteiger partial charge in [-0.05, 0) is 62.7 Å². The van der Waals surface area contributed by atoms with Gasteiger partial charge >= 0.3 is 17.3 Å². The van der Waals surface area contributed by atoms with E-state index in [1.54, 1.807) is 56.4 Å². The van der Waals surface area contributed by atoms with Gasteiger partial charge in [-0.15, -0.1) is 0 Å². The van der Waals surface area contributed by atoms with Gasteiger partial charge in [0.05, 0.1) is 26.2 Å². The summed E-state index contributed by atoms with van der Waals surface area (Å²) in [6.45, 7) is 5.13. The van der Waals surface area contributed by atoms with Crippen molar-refractivity contribution < 1.29 is 19.0 Å². The Morgan fingerprint density at radius 2 is 1.68 bits per heavy atom. The standard InChI is InChI=1S/C29H31N5O6/c1-19-8-10-20(11-9-19)17-33-26(32-27(36)34(28(33)37)18-29(2,3)25(35)39-5)31-21-12-14-22(15-13-21)40-24-23(38-4)7-6-16-30-24/h6-16H,17-18H2,1-5H3,(H,31,32,36). The highest BCUT2D eigenvalue weighted by Crippen LogP contribution is 2.29. The quantitative estimate of drug-likeness (QED) is 0.295. The summed E-state index contributed by atoms with van der Waals surface area (Å²) < 4.78 is 18.3.